The molecule has 1 aromatic heterocycles. The molecule has 0 saturated heterocycles. The largest absolute Gasteiger partial charge is 0.268 e. The van der Waals surface area contributed by atoms with Crippen LogP contribution in [0.15, 0.2) is 135 Å². The van der Waals surface area contributed by atoms with Gasteiger partial charge in [0.05, 0.1) is 26.8 Å². The van der Waals surface area contributed by atoms with Crippen molar-refractivity contribution in [3.8, 4) is 0 Å². The van der Waals surface area contributed by atoms with Gasteiger partial charge in [-0.1, -0.05) is 84.6 Å². The molecule has 0 N–H and O–H groups in total. The Hall–Kier alpha value is -3.33. The Bertz CT molecular complexity index is 1700. The monoisotopic (exact) mass is 519 g/mol. The number of aromatic nitrogens is 1. The molecule has 5 aromatic rings. The Kier molecular flexibility index (Phi) is 6.27. The van der Waals surface area contributed by atoms with Crippen LogP contribution >= 0.6 is 11.8 Å². The van der Waals surface area contributed by atoms with E-state index in [2.05, 4.69) is 0 Å². The minimum atomic E-state index is -4.08. The third-order valence-electron chi connectivity index (χ3n) is 5.55. The fourth-order valence-electron chi connectivity index (χ4n) is 3.94. The summed E-state index contributed by atoms with van der Waals surface area (Å²) in [4.78, 5) is 1.72. The van der Waals surface area contributed by atoms with Gasteiger partial charge in [0, 0.05) is 15.2 Å². The van der Waals surface area contributed by atoms with Gasteiger partial charge in [0.1, 0.15) is 0 Å². The number of nitrogens with zero attached hydrogens (tertiary/aromatic N) is 1. The van der Waals surface area contributed by atoms with Gasteiger partial charge in [0.15, 0.2) is 9.84 Å². The average Bonchev–Trinajstić information content (AvgIpc) is 3.18. The van der Waals surface area contributed by atoms with E-state index in [1.807, 2.05) is 42.5 Å². The van der Waals surface area contributed by atoms with Crippen LogP contribution in [-0.4, -0.2) is 20.8 Å². The number of benzene rings is 4. The highest BCUT2D eigenvalue weighted by molar-refractivity contribution is 7.99. The van der Waals surface area contributed by atoms with Crippen molar-refractivity contribution < 1.29 is 16.8 Å². The van der Waals surface area contributed by atoms with E-state index in [-0.39, 0.29) is 15.5 Å². The lowest BCUT2D eigenvalue weighted by Gasteiger charge is -2.14. The fourth-order valence-corrected chi connectivity index (χ4v) is 8.22. The SMILES string of the molecule is O=S(=O)(Cc1c(Sc2ccccc2)c2ccccc2n1S(=O)(=O)c1ccccc1)c1ccccc1. The molecule has 0 bridgehead atoms. The maximum absolute atomic E-state index is 13.9. The van der Waals surface area contributed by atoms with Crippen LogP contribution in [0, 0.1) is 0 Å². The third-order valence-corrected chi connectivity index (χ3v) is 10.1. The van der Waals surface area contributed by atoms with Gasteiger partial charge in [-0.05, 0) is 42.5 Å². The molecule has 1 heterocycles. The van der Waals surface area contributed by atoms with Crippen molar-refractivity contribution in [2.45, 2.75) is 25.3 Å². The molecule has 0 unspecified atom stereocenters. The number of sulfone groups is 1. The number of hydrogen-bond donors (Lipinski definition) is 0. The van der Waals surface area contributed by atoms with E-state index in [1.54, 1.807) is 48.5 Å². The van der Waals surface area contributed by atoms with Crippen LogP contribution in [0.4, 0.5) is 0 Å². The Morgan fingerprint density at radius 1 is 0.600 bits per heavy atom. The Balaban J connectivity index is 1.80. The second-order valence-electron chi connectivity index (χ2n) is 7.86. The van der Waals surface area contributed by atoms with E-state index in [0.29, 0.717) is 15.8 Å². The Morgan fingerprint density at radius 2 is 1.11 bits per heavy atom. The molecule has 0 amide bonds. The maximum atomic E-state index is 13.9. The van der Waals surface area contributed by atoms with Crippen molar-refractivity contribution in [3.05, 3.63) is 121 Å². The summed E-state index contributed by atoms with van der Waals surface area (Å²) in [5, 5.41) is 0.680. The lowest BCUT2D eigenvalue weighted by atomic mass is 10.2. The van der Waals surface area contributed by atoms with Crippen molar-refractivity contribution in [1.82, 2.24) is 3.97 Å². The fraction of sp³-hybridized carbons (Fsp3) is 0.0370. The maximum Gasteiger partial charge on any atom is 0.268 e. The van der Waals surface area contributed by atoms with Gasteiger partial charge in [0.25, 0.3) is 10.0 Å². The molecule has 0 fully saturated rings. The first-order valence-electron chi connectivity index (χ1n) is 10.8. The van der Waals surface area contributed by atoms with Crippen LogP contribution < -0.4 is 0 Å². The van der Waals surface area contributed by atoms with E-state index < -0.39 is 25.6 Å². The molecule has 0 saturated carbocycles. The first kappa shape index (κ1) is 23.4. The molecule has 0 atom stereocenters. The molecular formula is C27H21NO4S3. The van der Waals surface area contributed by atoms with Crippen LogP contribution in [0.5, 0.6) is 0 Å². The van der Waals surface area contributed by atoms with Crippen LogP contribution in [0.1, 0.15) is 5.69 Å². The zero-order valence-corrected chi connectivity index (χ0v) is 20.9. The summed E-state index contributed by atoms with van der Waals surface area (Å²) < 4.78 is 56.0. The van der Waals surface area contributed by atoms with Gasteiger partial charge in [-0.2, -0.15) is 0 Å². The molecule has 0 aliphatic rings. The van der Waals surface area contributed by atoms with Crippen molar-refractivity contribution in [2.24, 2.45) is 0 Å². The summed E-state index contributed by atoms with van der Waals surface area (Å²) in [7, 11) is -7.92. The van der Waals surface area contributed by atoms with Crippen molar-refractivity contribution >= 4 is 42.5 Å². The van der Waals surface area contributed by atoms with Gasteiger partial charge in [-0.25, -0.2) is 20.8 Å². The molecule has 4 aromatic carbocycles. The second kappa shape index (κ2) is 9.37. The van der Waals surface area contributed by atoms with Gasteiger partial charge >= 0.3 is 0 Å². The highest BCUT2D eigenvalue weighted by atomic mass is 32.2. The topological polar surface area (TPSA) is 73.2 Å². The number of para-hydroxylation sites is 1. The number of rotatable bonds is 7. The molecule has 35 heavy (non-hydrogen) atoms. The van der Waals surface area contributed by atoms with Crippen molar-refractivity contribution in [2.75, 3.05) is 0 Å². The average molecular weight is 520 g/mol. The first-order valence-corrected chi connectivity index (χ1v) is 14.7. The predicted molar refractivity (Wildman–Crippen MR) is 139 cm³/mol. The molecule has 0 spiro atoms. The molecule has 0 aliphatic carbocycles. The molecule has 5 rings (SSSR count). The standard InChI is InChI=1S/C27H21NO4S3/c29-34(30,22-14-6-2-7-15-22)20-26-27(33-21-12-4-1-5-13-21)24-18-10-11-19-25(24)28(26)35(31,32)23-16-8-3-9-17-23/h1-19H,20H2. The van der Waals surface area contributed by atoms with E-state index in [1.165, 1.54) is 40.0 Å². The highest BCUT2D eigenvalue weighted by Crippen LogP contribution is 2.41. The second-order valence-corrected chi connectivity index (χ2v) is 12.7. The van der Waals surface area contributed by atoms with E-state index in [4.69, 9.17) is 0 Å². The summed E-state index contributed by atoms with van der Waals surface area (Å²) in [6.45, 7) is 0. The predicted octanol–water partition coefficient (Wildman–Crippen LogP) is 6.00. The number of hydrogen-bond acceptors (Lipinski definition) is 5. The van der Waals surface area contributed by atoms with Crippen LogP contribution in [0.3, 0.4) is 0 Å². The Morgan fingerprint density at radius 3 is 1.74 bits per heavy atom. The summed E-state index contributed by atoms with van der Waals surface area (Å²) in [6, 6.07) is 32.8. The van der Waals surface area contributed by atoms with E-state index in [0.717, 1.165) is 4.90 Å². The van der Waals surface area contributed by atoms with Crippen LogP contribution in [0.25, 0.3) is 10.9 Å². The molecule has 176 valence electrons. The van der Waals surface area contributed by atoms with Crippen LogP contribution in [0.2, 0.25) is 0 Å². The van der Waals surface area contributed by atoms with Crippen molar-refractivity contribution in [1.29, 1.82) is 0 Å². The summed E-state index contributed by atoms with van der Waals surface area (Å²) in [5.41, 5.74) is 0.654. The minimum absolute atomic E-state index is 0.0929. The molecule has 0 aliphatic heterocycles. The summed E-state index contributed by atoms with van der Waals surface area (Å²) in [5.74, 6) is -0.465. The summed E-state index contributed by atoms with van der Waals surface area (Å²) >= 11 is 1.36. The molecule has 8 heteroatoms. The quantitative estimate of drug-likeness (QED) is 0.264. The third kappa shape index (κ3) is 4.52. The smallest absolute Gasteiger partial charge is 0.236 e. The zero-order chi connectivity index (χ0) is 24.5. The first-order chi connectivity index (χ1) is 16.9. The van der Waals surface area contributed by atoms with Gasteiger partial charge in [0.2, 0.25) is 0 Å². The lowest BCUT2D eigenvalue weighted by molar-refractivity contribution is 0.585. The summed E-state index contributed by atoms with van der Waals surface area (Å²) in [6.07, 6.45) is 0. The van der Waals surface area contributed by atoms with Gasteiger partial charge in [-0.3, -0.25) is 0 Å². The zero-order valence-electron chi connectivity index (χ0n) is 18.5. The molecule has 5 nitrogen and oxygen atoms in total. The molecule has 0 radical (unpaired) electrons. The van der Waals surface area contributed by atoms with Crippen LogP contribution in [-0.2, 0) is 25.6 Å². The minimum Gasteiger partial charge on any atom is -0.236 e. The lowest BCUT2D eigenvalue weighted by Crippen LogP contribution is -2.18. The Labute approximate surface area is 209 Å². The van der Waals surface area contributed by atoms with E-state index in [9.17, 15) is 16.8 Å². The molecular weight excluding hydrogens is 499 g/mol. The highest BCUT2D eigenvalue weighted by Gasteiger charge is 2.30. The van der Waals surface area contributed by atoms with Crippen molar-refractivity contribution in [3.63, 3.8) is 0 Å². The van der Waals surface area contributed by atoms with E-state index >= 15 is 0 Å². The normalized spacial score (nSPS) is 12.1. The van der Waals surface area contributed by atoms with Gasteiger partial charge in [-0.15, -0.1) is 0 Å². The van der Waals surface area contributed by atoms with Gasteiger partial charge < -0.3 is 0 Å². The number of fused-ring (bicyclic) bond motifs is 1.